The molecule has 0 spiro atoms. The van der Waals surface area contributed by atoms with Crippen molar-refractivity contribution in [2.45, 2.75) is 38.8 Å². The summed E-state index contributed by atoms with van der Waals surface area (Å²) in [5.74, 6) is 1.01. The highest BCUT2D eigenvalue weighted by atomic mass is 16.5. The number of piperidine rings is 1. The molecule has 0 aliphatic carbocycles. The lowest BCUT2D eigenvalue weighted by Gasteiger charge is -2.26. The van der Waals surface area contributed by atoms with Gasteiger partial charge in [0.15, 0.2) is 18.1 Å². The van der Waals surface area contributed by atoms with Crippen LogP contribution in [0.1, 0.15) is 36.0 Å². The third kappa shape index (κ3) is 6.63. The van der Waals surface area contributed by atoms with Crippen LogP contribution in [-0.2, 0) is 24.3 Å². The summed E-state index contributed by atoms with van der Waals surface area (Å²) in [5, 5.41) is 2.91. The van der Waals surface area contributed by atoms with Crippen LogP contribution in [0.25, 0.3) is 0 Å². The fourth-order valence-electron chi connectivity index (χ4n) is 3.66. The summed E-state index contributed by atoms with van der Waals surface area (Å²) >= 11 is 0. The van der Waals surface area contributed by atoms with Gasteiger partial charge in [-0.2, -0.15) is 0 Å². The first-order valence-electron chi connectivity index (χ1n) is 10.7. The lowest BCUT2D eigenvalue weighted by Crippen LogP contribution is -2.29. The number of amides is 1. The molecule has 0 aromatic heterocycles. The fraction of sp³-hybridized carbons (Fsp3) is 0.400. The number of ether oxygens (including phenoxy) is 2. The van der Waals surface area contributed by atoms with Crippen molar-refractivity contribution in [1.82, 2.24) is 10.2 Å². The Labute approximate surface area is 179 Å². The molecule has 1 amide bonds. The Morgan fingerprint density at radius 3 is 2.43 bits per heavy atom. The molecule has 30 heavy (non-hydrogen) atoms. The fourth-order valence-corrected chi connectivity index (χ4v) is 3.66. The van der Waals surface area contributed by atoms with E-state index in [1.807, 2.05) is 24.3 Å². The van der Waals surface area contributed by atoms with Crippen LogP contribution in [0.2, 0.25) is 0 Å². The molecule has 1 saturated heterocycles. The van der Waals surface area contributed by atoms with Gasteiger partial charge in [0.05, 0.1) is 7.11 Å². The summed E-state index contributed by atoms with van der Waals surface area (Å²) in [6.45, 7) is 7.57. The second-order valence-electron chi connectivity index (χ2n) is 7.70. The first-order chi connectivity index (χ1) is 14.7. The van der Waals surface area contributed by atoms with Gasteiger partial charge in [-0.3, -0.25) is 9.69 Å². The van der Waals surface area contributed by atoms with Crippen molar-refractivity contribution < 1.29 is 14.3 Å². The minimum absolute atomic E-state index is 0.0514. The van der Waals surface area contributed by atoms with Crippen molar-refractivity contribution in [3.63, 3.8) is 0 Å². The highest BCUT2D eigenvalue weighted by Crippen LogP contribution is 2.28. The van der Waals surface area contributed by atoms with Crippen LogP contribution in [0.15, 0.2) is 55.1 Å². The molecule has 160 valence electrons. The molecule has 1 N–H and O–H groups in total. The SMILES string of the molecule is C=CCc1ccc(OCC(=O)NCc2ccc(CN3CCCCC3)cc2)c(OC)c1. The maximum absolute atomic E-state index is 12.2. The number of hydrogen-bond donors (Lipinski definition) is 1. The number of rotatable bonds is 10. The van der Waals surface area contributed by atoms with Crippen LogP contribution in [0, 0.1) is 0 Å². The Bertz CT molecular complexity index is 827. The van der Waals surface area contributed by atoms with E-state index in [1.54, 1.807) is 7.11 Å². The van der Waals surface area contributed by atoms with Crippen molar-refractivity contribution in [3.8, 4) is 11.5 Å². The lowest BCUT2D eigenvalue weighted by atomic mass is 10.1. The first kappa shape index (κ1) is 21.9. The van der Waals surface area contributed by atoms with E-state index in [2.05, 4.69) is 41.1 Å². The second-order valence-corrected chi connectivity index (χ2v) is 7.70. The molecule has 0 bridgehead atoms. The lowest BCUT2D eigenvalue weighted by molar-refractivity contribution is -0.123. The molecule has 2 aromatic rings. The van der Waals surface area contributed by atoms with Gasteiger partial charge in [0.25, 0.3) is 5.91 Å². The topological polar surface area (TPSA) is 50.8 Å². The summed E-state index contributed by atoms with van der Waals surface area (Å²) in [6.07, 6.45) is 6.55. The quantitative estimate of drug-likeness (QED) is 0.601. The number of allylic oxidation sites excluding steroid dienone is 1. The Kier molecular flexibility index (Phi) is 8.33. The molecule has 0 radical (unpaired) electrons. The molecule has 1 fully saturated rings. The smallest absolute Gasteiger partial charge is 0.258 e. The van der Waals surface area contributed by atoms with E-state index < -0.39 is 0 Å². The van der Waals surface area contributed by atoms with Gasteiger partial charge in [-0.15, -0.1) is 6.58 Å². The summed E-state index contributed by atoms with van der Waals surface area (Å²) in [4.78, 5) is 14.7. The summed E-state index contributed by atoms with van der Waals surface area (Å²) < 4.78 is 11.0. The number of carbonyl (C=O) groups excluding carboxylic acids is 1. The highest BCUT2D eigenvalue weighted by molar-refractivity contribution is 5.77. The van der Waals surface area contributed by atoms with Crippen LogP contribution >= 0.6 is 0 Å². The van der Waals surface area contributed by atoms with Gasteiger partial charge in [-0.25, -0.2) is 0 Å². The van der Waals surface area contributed by atoms with Crippen molar-refractivity contribution in [2.24, 2.45) is 0 Å². The molecule has 0 atom stereocenters. The van der Waals surface area contributed by atoms with Crippen LogP contribution in [0.5, 0.6) is 11.5 Å². The van der Waals surface area contributed by atoms with E-state index in [0.29, 0.717) is 18.0 Å². The molecular formula is C25H32N2O3. The standard InChI is InChI=1S/C25H32N2O3/c1-3-7-20-12-13-23(24(16-20)29-2)30-19-25(28)26-17-21-8-10-22(11-9-21)18-27-14-5-4-6-15-27/h3,8-13,16H,1,4-7,14-15,17-19H2,2H3,(H,26,28). The minimum atomic E-state index is -0.162. The van der Waals surface area contributed by atoms with Gasteiger partial charge in [-0.05, 0) is 61.2 Å². The van der Waals surface area contributed by atoms with Crippen LogP contribution in [-0.4, -0.2) is 37.6 Å². The second kappa shape index (κ2) is 11.4. The van der Waals surface area contributed by atoms with Crippen molar-refractivity contribution in [3.05, 3.63) is 71.8 Å². The number of nitrogens with zero attached hydrogens (tertiary/aromatic N) is 1. The van der Waals surface area contributed by atoms with E-state index in [0.717, 1.165) is 24.1 Å². The van der Waals surface area contributed by atoms with Crippen LogP contribution in [0.4, 0.5) is 0 Å². The van der Waals surface area contributed by atoms with E-state index in [-0.39, 0.29) is 12.5 Å². The predicted octanol–water partition coefficient (Wildman–Crippen LogP) is 4.10. The average molecular weight is 409 g/mol. The number of benzene rings is 2. The van der Waals surface area contributed by atoms with Crippen molar-refractivity contribution in [2.75, 3.05) is 26.8 Å². The Morgan fingerprint density at radius 1 is 1.03 bits per heavy atom. The van der Waals surface area contributed by atoms with E-state index >= 15 is 0 Å². The molecule has 3 rings (SSSR count). The molecule has 1 aliphatic heterocycles. The Hall–Kier alpha value is -2.79. The molecule has 5 nitrogen and oxygen atoms in total. The van der Waals surface area contributed by atoms with E-state index in [9.17, 15) is 4.79 Å². The zero-order chi connectivity index (χ0) is 21.2. The van der Waals surface area contributed by atoms with Crippen molar-refractivity contribution >= 4 is 5.91 Å². The summed E-state index contributed by atoms with van der Waals surface area (Å²) in [6, 6.07) is 14.2. The highest BCUT2D eigenvalue weighted by Gasteiger charge is 2.11. The number of likely N-dealkylation sites (tertiary alicyclic amines) is 1. The van der Waals surface area contributed by atoms with E-state index in [1.165, 1.54) is 37.9 Å². The first-order valence-corrected chi connectivity index (χ1v) is 10.7. The van der Waals surface area contributed by atoms with Gasteiger partial charge in [-0.1, -0.05) is 42.8 Å². The predicted molar refractivity (Wildman–Crippen MR) is 120 cm³/mol. The number of nitrogens with one attached hydrogen (secondary N) is 1. The third-order valence-corrected chi connectivity index (χ3v) is 5.33. The zero-order valence-electron chi connectivity index (χ0n) is 17.9. The molecule has 5 heteroatoms. The van der Waals surface area contributed by atoms with E-state index in [4.69, 9.17) is 9.47 Å². The molecule has 2 aromatic carbocycles. The summed E-state index contributed by atoms with van der Waals surface area (Å²) in [5.41, 5.74) is 3.49. The largest absolute Gasteiger partial charge is 0.493 e. The van der Waals surface area contributed by atoms with Crippen molar-refractivity contribution in [1.29, 1.82) is 0 Å². The number of carbonyl (C=O) groups is 1. The van der Waals surface area contributed by atoms with Crippen LogP contribution in [0.3, 0.4) is 0 Å². The zero-order valence-corrected chi connectivity index (χ0v) is 17.9. The monoisotopic (exact) mass is 408 g/mol. The number of methoxy groups -OCH3 is 1. The number of hydrogen-bond acceptors (Lipinski definition) is 4. The molecular weight excluding hydrogens is 376 g/mol. The van der Waals surface area contributed by atoms with Gasteiger partial charge >= 0.3 is 0 Å². The molecule has 0 saturated carbocycles. The molecule has 1 aliphatic rings. The Morgan fingerprint density at radius 2 is 1.73 bits per heavy atom. The minimum Gasteiger partial charge on any atom is -0.493 e. The maximum Gasteiger partial charge on any atom is 0.258 e. The third-order valence-electron chi connectivity index (χ3n) is 5.33. The van der Waals surface area contributed by atoms with Gasteiger partial charge in [0.2, 0.25) is 0 Å². The van der Waals surface area contributed by atoms with Gasteiger partial charge in [0, 0.05) is 13.1 Å². The van der Waals surface area contributed by atoms with Crippen LogP contribution < -0.4 is 14.8 Å². The molecule has 1 heterocycles. The maximum atomic E-state index is 12.2. The normalized spacial score (nSPS) is 14.2. The van der Waals surface area contributed by atoms with Gasteiger partial charge < -0.3 is 14.8 Å². The average Bonchev–Trinajstić information content (AvgIpc) is 2.78. The summed E-state index contributed by atoms with van der Waals surface area (Å²) in [7, 11) is 1.59. The molecule has 0 unspecified atom stereocenters. The van der Waals surface area contributed by atoms with Gasteiger partial charge in [0.1, 0.15) is 0 Å². The Balaban J connectivity index is 1.43.